The van der Waals surface area contributed by atoms with Gasteiger partial charge in [0.15, 0.2) is 4.90 Å². The molecule has 0 aromatic heterocycles. The molecule has 0 N–H and O–H groups in total. The molecule has 0 aliphatic carbocycles. The molecule has 0 fully saturated rings. The van der Waals surface area contributed by atoms with Crippen molar-refractivity contribution in [2.24, 2.45) is 5.92 Å². The Morgan fingerprint density at radius 3 is 2.04 bits per heavy atom. The van der Waals surface area contributed by atoms with Crippen LogP contribution in [0.5, 0.6) is 5.75 Å². The molecule has 2 nitrogen and oxygen atoms in total. The molecule has 0 saturated carbocycles. The highest BCUT2D eigenvalue weighted by molar-refractivity contribution is 7.98. The van der Waals surface area contributed by atoms with Crippen LogP contribution in [0.15, 0.2) is 97.3 Å². The predicted molar refractivity (Wildman–Crippen MR) is 112 cm³/mol. The molecule has 3 aromatic carbocycles. The molecule has 0 radical (unpaired) electrons. The van der Waals surface area contributed by atoms with Crippen molar-refractivity contribution in [3.05, 3.63) is 72.8 Å². The lowest BCUT2D eigenvalue weighted by Crippen LogP contribution is -2.17. The highest BCUT2D eigenvalue weighted by Gasteiger charge is 2.42. The molecule has 1 heterocycles. The number of thiol groups is 1. The van der Waals surface area contributed by atoms with Crippen molar-refractivity contribution in [2.75, 3.05) is 0 Å². The van der Waals surface area contributed by atoms with Crippen LogP contribution in [0.4, 0.5) is 0 Å². The normalized spacial score (nSPS) is 14.1. The third-order valence-electron chi connectivity index (χ3n) is 4.70. The summed E-state index contributed by atoms with van der Waals surface area (Å²) in [6.07, 6.45) is 0.785. The predicted octanol–water partition coefficient (Wildman–Crippen LogP) is 5.28. The minimum absolute atomic E-state index is 0.0809. The van der Waals surface area contributed by atoms with E-state index in [1.165, 1.54) is 36.2 Å². The molecule has 4 heteroatoms. The molecule has 1 unspecified atom stereocenters. The first kappa shape index (κ1) is 18.2. The third kappa shape index (κ3) is 3.64. The van der Waals surface area contributed by atoms with Gasteiger partial charge >= 0.3 is 5.97 Å². The number of carbonyl (C=O) groups is 1. The van der Waals surface area contributed by atoms with Gasteiger partial charge in [0.2, 0.25) is 19.6 Å². The van der Waals surface area contributed by atoms with Crippen LogP contribution in [0.1, 0.15) is 20.3 Å². The third-order valence-corrected chi connectivity index (χ3v) is 8.60. The lowest BCUT2D eigenvalue weighted by molar-refractivity contribution is -0.138. The van der Waals surface area contributed by atoms with Crippen molar-refractivity contribution in [2.45, 2.75) is 44.7 Å². The van der Waals surface area contributed by atoms with Crippen LogP contribution in [-0.4, -0.2) is 5.97 Å². The highest BCUT2D eigenvalue weighted by atomic mass is 32.2. The number of rotatable bonds is 4. The van der Waals surface area contributed by atoms with Crippen LogP contribution in [0, 0.1) is 5.92 Å². The highest BCUT2D eigenvalue weighted by Crippen LogP contribution is 2.41. The summed E-state index contributed by atoms with van der Waals surface area (Å²) < 4.78 is 5.51. The van der Waals surface area contributed by atoms with Gasteiger partial charge in [-0.15, -0.1) is 0 Å². The molecule has 1 atom stereocenters. The van der Waals surface area contributed by atoms with Gasteiger partial charge in [0.1, 0.15) is 16.6 Å². The Morgan fingerprint density at radius 2 is 1.48 bits per heavy atom. The number of ether oxygens (including phenoxy) is 1. The molecule has 1 aliphatic rings. The van der Waals surface area contributed by atoms with Crippen molar-refractivity contribution in [1.82, 2.24) is 0 Å². The van der Waals surface area contributed by atoms with Gasteiger partial charge in [0, 0.05) is 0 Å². The van der Waals surface area contributed by atoms with Crippen LogP contribution in [0.3, 0.4) is 0 Å². The fraction of sp³-hybridized carbons (Fsp3) is 0.174. The van der Waals surface area contributed by atoms with Crippen LogP contribution >= 0.6 is 0 Å². The zero-order chi connectivity index (χ0) is 18.8. The van der Waals surface area contributed by atoms with E-state index in [-0.39, 0.29) is 22.8 Å². The summed E-state index contributed by atoms with van der Waals surface area (Å²) in [5.74, 6) is 0.367. The van der Waals surface area contributed by atoms with E-state index >= 15 is 0 Å². The van der Waals surface area contributed by atoms with Gasteiger partial charge in [-0.2, -0.15) is 0 Å². The Kier molecular flexibility index (Phi) is 5.28. The van der Waals surface area contributed by atoms with Crippen LogP contribution in [0.25, 0.3) is 0 Å². The number of fused-ring (bicyclic) bond motifs is 2. The van der Waals surface area contributed by atoms with Crippen molar-refractivity contribution >= 4 is 28.6 Å². The number of esters is 1. The SMILES string of the molecule is CCC(C)C(=O)Oc1ccc([S+]2c3ccccc3[SH+]c3ccccc32)cc1. The van der Waals surface area contributed by atoms with Crippen LogP contribution in [-0.2, 0) is 27.5 Å². The van der Waals surface area contributed by atoms with Crippen molar-refractivity contribution < 1.29 is 9.53 Å². The smallest absolute Gasteiger partial charge is 0.314 e. The second-order valence-electron chi connectivity index (χ2n) is 6.56. The quantitative estimate of drug-likeness (QED) is 0.204. The van der Waals surface area contributed by atoms with Gasteiger partial charge in [0.05, 0.1) is 17.7 Å². The molecule has 0 amide bonds. The second kappa shape index (κ2) is 7.83. The van der Waals surface area contributed by atoms with Gasteiger partial charge in [-0.3, -0.25) is 4.79 Å². The first-order valence-electron chi connectivity index (χ1n) is 9.13. The summed E-state index contributed by atoms with van der Waals surface area (Å²) in [6.45, 7) is 3.89. The Labute approximate surface area is 167 Å². The van der Waals surface area contributed by atoms with E-state index in [2.05, 4.69) is 60.7 Å². The number of hydrogen-bond acceptors (Lipinski definition) is 2. The average Bonchev–Trinajstić information content (AvgIpc) is 2.72. The van der Waals surface area contributed by atoms with Crippen molar-refractivity contribution in [3.8, 4) is 5.75 Å². The van der Waals surface area contributed by atoms with E-state index < -0.39 is 0 Å². The van der Waals surface area contributed by atoms with Gasteiger partial charge in [-0.1, -0.05) is 38.1 Å². The fourth-order valence-electron chi connectivity index (χ4n) is 2.97. The maximum Gasteiger partial charge on any atom is 0.314 e. The van der Waals surface area contributed by atoms with E-state index in [0.717, 1.165) is 6.42 Å². The molecule has 1 aliphatic heterocycles. The first-order valence-corrected chi connectivity index (χ1v) is 11.2. The van der Waals surface area contributed by atoms with Crippen LogP contribution in [0.2, 0.25) is 0 Å². The van der Waals surface area contributed by atoms with E-state index in [9.17, 15) is 4.79 Å². The number of hydrogen-bond donors (Lipinski definition) is 0. The number of carbonyl (C=O) groups excluding carboxylic acids is 1. The monoisotopic (exact) mass is 394 g/mol. The zero-order valence-electron chi connectivity index (χ0n) is 15.4. The second-order valence-corrected chi connectivity index (χ2v) is 9.71. The first-order chi connectivity index (χ1) is 13.2. The summed E-state index contributed by atoms with van der Waals surface area (Å²) in [5, 5.41) is 0. The van der Waals surface area contributed by atoms with E-state index in [1.54, 1.807) is 0 Å². The Morgan fingerprint density at radius 1 is 0.926 bits per heavy atom. The summed E-state index contributed by atoms with van der Waals surface area (Å²) in [4.78, 5) is 18.8. The molecule has 3 aromatic rings. The van der Waals surface area contributed by atoms with E-state index in [0.29, 0.717) is 5.75 Å². The van der Waals surface area contributed by atoms with Crippen molar-refractivity contribution in [3.63, 3.8) is 0 Å². The van der Waals surface area contributed by atoms with Gasteiger partial charge in [-0.05, 0) is 55.0 Å². The Hall–Kier alpha value is -2.17. The molecular formula is C23H22O2S2+2. The minimum Gasteiger partial charge on any atom is -0.426 e. The maximum atomic E-state index is 12.0. The lowest BCUT2D eigenvalue weighted by atomic mass is 10.1. The van der Waals surface area contributed by atoms with Crippen LogP contribution < -0.4 is 4.74 Å². The number of benzene rings is 3. The average molecular weight is 395 g/mol. The summed E-state index contributed by atoms with van der Waals surface area (Å²) in [6, 6.07) is 25.4. The van der Waals surface area contributed by atoms with Crippen molar-refractivity contribution in [1.29, 1.82) is 0 Å². The fourth-order valence-corrected chi connectivity index (χ4v) is 6.88. The zero-order valence-corrected chi connectivity index (χ0v) is 17.1. The van der Waals surface area contributed by atoms with Gasteiger partial charge in [0.25, 0.3) is 0 Å². The summed E-state index contributed by atoms with van der Waals surface area (Å²) in [5.41, 5.74) is 0. The molecular weight excluding hydrogens is 372 g/mol. The summed E-state index contributed by atoms with van der Waals surface area (Å²) in [7, 11) is -0.137. The van der Waals surface area contributed by atoms with Gasteiger partial charge < -0.3 is 4.74 Å². The van der Waals surface area contributed by atoms with E-state index in [4.69, 9.17) is 4.74 Å². The molecule has 0 saturated heterocycles. The standard InChI is InChI=1S/C23H21O2S2/c1-3-16(2)23(24)25-17-12-14-18(15-13-17)27-21-10-6-4-8-19(21)26-20-9-5-7-11-22(20)27/h4-16H,3H2,1-2H3/q+1/p+1. The molecule has 0 spiro atoms. The Bertz CT molecular complexity index is 921. The topological polar surface area (TPSA) is 26.3 Å². The molecule has 27 heavy (non-hydrogen) atoms. The molecule has 0 bridgehead atoms. The largest absolute Gasteiger partial charge is 0.426 e. The molecule has 136 valence electrons. The minimum atomic E-state index is -0.167. The van der Waals surface area contributed by atoms with E-state index in [1.807, 2.05) is 26.0 Å². The molecule has 4 rings (SSSR count). The lowest BCUT2D eigenvalue weighted by Gasteiger charge is -2.14. The maximum absolute atomic E-state index is 12.0. The van der Waals surface area contributed by atoms with Gasteiger partial charge in [-0.25, -0.2) is 0 Å². The Balaban J connectivity index is 1.68. The summed E-state index contributed by atoms with van der Waals surface area (Å²) >= 11 is 1.27.